The number of phenolic OH excluding ortho intramolecular Hbond substituents is 1. The average Bonchev–Trinajstić information content (AvgIpc) is 3.19. The number of sulfonamides is 1. The van der Waals surface area contributed by atoms with E-state index in [0.29, 0.717) is 10.8 Å². The van der Waals surface area contributed by atoms with Crippen LogP contribution in [0.2, 0.25) is 5.02 Å². The van der Waals surface area contributed by atoms with Crippen molar-refractivity contribution in [1.29, 1.82) is 0 Å². The molecule has 0 saturated heterocycles. The highest BCUT2D eigenvalue weighted by molar-refractivity contribution is 7.89. The summed E-state index contributed by atoms with van der Waals surface area (Å²) in [6.45, 7) is 0.199. The number of nitrogens with zero attached hydrogens (tertiary/aromatic N) is 3. The predicted octanol–water partition coefficient (Wildman–Crippen LogP) is 1.48. The summed E-state index contributed by atoms with van der Waals surface area (Å²) >= 11 is 3.93. The van der Waals surface area contributed by atoms with Crippen molar-refractivity contribution in [3.8, 4) is 5.75 Å². The molecule has 0 aliphatic carbocycles. The molecule has 1 aliphatic heterocycles. The van der Waals surface area contributed by atoms with E-state index in [1.807, 2.05) is 0 Å². The fraction of sp³-hybridized carbons (Fsp3) is 0.200. The van der Waals surface area contributed by atoms with Gasteiger partial charge in [-0.2, -0.15) is 0 Å². The molecule has 3 N–H and O–H groups in total. The molecule has 3 rings (SSSR count). The average molecular weight is 446 g/mol. The van der Waals surface area contributed by atoms with Crippen molar-refractivity contribution in [2.24, 2.45) is 8.80 Å². The van der Waals surface area contributed by atoms with E-state index in [9.17, 15) is 17.7 Å². The standard InChI is InChI=1S/C15H16ClN5O5S2/c1-21(2)28(24,25)12-5-3-4-11(13(12)22)18-15-14(19-27(23)20-15)17-7-10-6-9(16)8-26-10/h3-6,8,22H,7H2,1-2H3,(H,17,19)(H,18,20). The van der Waals surface area contributed by atoms with Gasteiger partial charge in [-0.05, 0) is 12.1 Å². The lowest BCUT2D eigenvalue weighted by molar-refractivity contribution is 0.455. The zero-order chi connectivity index (χ0) is 20.5. The van der Waals surface area contributed by atoms with Gasteiger partial charge in [-0.1, -0.05) is 17.7 Å². The molecule has 0 saturated carbocycles. The highest BCUT2D eigenvalue weighted by atomic mass is 35.5. The van der Waals surface area contributed by atoms with Crippen LogP contribution in [0, 0.1) is 0 Å². The van der Waals surface area contributed by atoms with Gasteiger partial charge in [0.15, 0.2) is 17.4 Å². The van der Waals surface area contributed by atoms with Crippen molar-refractivity contribution in [3.63, 3.8) is 0 Å². The summed E-state index contributed by atoms with van der Waals surface area (Å²) in [5.74, 6) is 0.261. The zero-order valence-electron chi connectivity index (χ0n) is 14.7. The first-order valence-corrected chi connectivity index (χ1v) is 10.6. The van der Waals surface area contributed by atoms with Gasteiger partial charge in [-0.25, -0.2) is 16.9 Å². The van der Waals surface area contributed by atoms with E-state index in [4.69, 9.17) is 16.0 Å². The Kier molecular flexibility index (Phi) is 5.74. The number of para-hydroxylation sites is 1. The summed E-state index contributed by atoms with van der Waals surface area (Å²) in [6.07, 6.45) is 1.37. The van der Waals surface area contributed by atoms with E-state index in [1.165, 1.54) is 38.6 Å². The maximum atomic E-state index is 12.3. The number of hydrogen-bond acceptors (Lipinski definition) is 7. The first-order chi connectivity index (χ1) is 13.2. The number of rotatable bonds is 5. The minimum Gasteiger partial charge on any atom is -0.504 e. The van der Waals surface area contributed by atoms with Gasteiger partial charge < -0.3 is 20.2 Å². The van der Waals surface area contributed by atoms with Crippen molar-refractivity contribution < 1.29 is 22.2 Å². The van der Waals surface area contributed by atoms with Crippen molar-refractivity contribution >= 4 is 50.2 Å². The largest absolute Gasteiger partial charge is 0.504 e. The molecule has 1 atom stereocenters. The number of anilines is 1. The number of hydrogen-bond donors (Lipinski definition) is 3. The molecule has 0 fully saturated rings. The van der Waals surface area contributed by atoms with Crippen LogP contribution in [0.5, 0.6) is 5.75 Å². The Labute approximate surface area is 168 Å². The van der Waals surface area contributed by atoms with Gasteiger partial charge in [0.1, 0.15) is 16.9 Å². The van der Waals surface area contributed by atoms with Crippen LogP contribution in [-0.4, -0.2) is 47.8 Å². The number of amidine groups is 2. The second kappa shape index (κ2) is 7.91. The van der Waals surface area contributed by atoms with Gasteiger partial charge in [0.05, 0.1) is 17.3 Å². The molecule has 28 heavy (non-hydrogen) atoms. The lowest BCUT2D eigenvalue weighted by atomic mass is 10.3. The van der Waals surface area contributed by atoms with E-state index in [0.717, 1.165) is 4.31 Å². The smallest absolute Gasteiger partial charge is 0.269 e. The van der Waals surface area contributed by atoms with Crippen LogP contribution < -0.4 is 10.6 Å². The number of phenols is 1. The lowest BCUT2D eigenvalue weighted by Crippen LogP contribution is -2.33. The van der Waals surface area contributed by atoms with Crippen LogP contribution in [0.4, 0.5) is 5.69 Å². The number of aromatic hydroxyl groups is 1. The molecule has 0 bridgehead atoms. The lowest BCUT2D eigenvalue weighted by Gasteiger charge is -2.15. The Morgan fingerprint density at radius 1 is 1.29 bits per heavy atom. The molecule has 1 unspecified atom stereocenters. The van der Waals surface area contributed by atoms with E-state index >= 15 is 0 Å². The summed E-state index contributed by atoms with van der Waals surface area (Å²) in [7, 11) is -1.15. The normalized spacial score (nSPS) is 16.8. The molecule has 1 aromatic heterocycles. The Balaban J connectivity index is 1.82. The summed E-state index contributed by atoms with van der Waals surface area (Å²) in [4.78, 5) is -0.279. The van der Waals surface area contributed by atoms with Gasteiger partial charge in [-0.15, -0.1) is 8.80 Å². The highest BCUT2D eigenvalue weighted by Gasteiger charge is 2.25. The van der Waals surface area contributed by atoms with Crippen LogP contribution in [0.3, 0.4) is 0 Å². The number of benzene rings is 1. The van der Waals surface area contributed by atoms with Crippen molar-refractivity contribution in [3.05, 3.63) is 41.3 Å². The van der Waals surface area contributed by atoms with Crippen molar-refractivity contribution in [2.45, 2.75) is 11.4 Å². The molecule has 1 aliphatic rings. The van der Waals surface area contributed by atoms with Crippen LogP contribution in [-0.2, 0) is 27.7 Å². The molecule has 0 spiro atoms. The Morgan fingerprint density at radius 2 is 2.00 bits per heavy atom. The Hall–Kier alpha value is -2.41. The summed E-state index contributed by atoms with van der Waals surface area (Å²) in [5.41, 5.74) is 0.0659. The molecule has 0 radical (unpaired) electrons. The Morgan fingerprint density at radius 3 is 2.64 bits per heavy atom. The molecule has 13 heteroatoms. The van der Waals surface area contributed by atoms with Crippen molar-refractivity contribution in [2.75, 3.05) is 19.4 Å². The van der Waals surface area contributed by atoms with Crippen LogP contribution in [0.15, 0.2) is 48.6 Å². The molecular formula is C15H16ClN5O5S2. The third-order valence-electron chi connectivity index (χ3n) is 3.63. The predicted molar refractivity (Wildman–Crippen MR) is 106 cm³/mol. The molecule has 0 amide bonds. The fourth-order valence-electron chi connectivity index (χ4n) is 2.23. The molecule has 10 nitrogen and oxygen atoms in total. The van der Waals surface area contributed by atoms with Gasteiger partial charge >= 0.3 is 0 Å². The molecular weight excluding hydrogens is 430 g/mol. The van der Waals surface area contributed by atoms with Gasteiger partial charge in [0.25, 0.3) is 11.2 Å². The van der Waals surface area contributed by atoms with Crippen LogP contribution in [0.1, 0.15) is 5.76 Å². The fourth-order valence-corrected chi connectivity index (χ4v) is 4.03. The summed E-state index contributed by atoms with van der Waals surface area (Å²) < 4.78 is 50.2. The second-order valence-electron chi connectivity index (χ2n) is 5.76. The zero-order valence-corrected chi connectivity index (χ0v) is 17.1. The minimum atomic E-state index is -3.86. The highest BCUT2D eigenvalue weighted by Crippen LogP contribution is 2.32. The van der Waals surface area contributed by atoms with E-state index in [2.05, 4.69) is 19.4 Å². The van der Waals surface area contributed by atoms with Crippen LogP contribution in [0.25, 0.3) is 0 Å². The Bertz CT molecular complexity index is 1090. The molecule has 1 aromatic carbocycles. The first-order valence-electron chi connectivity index (χ1n) is 7.76. The number of nitrogens with one attached hydrogen (secondary N) is 2. The maximum Gasteiger partial charge on any atom is 0.269 e. The van der Waals surface area contributed by atoms with Gasteiger partial charge in [0, 0.05) is 20.2 Å². The van der Waals surface area contributed by atoms with Gasteiger partial charge in [0.2, 0.25) is 10.0 Å². The van der Waals surface area contributed by atoms with Crippen molar-refractivity contribution in [1.82, 2.24) is 9.62 Å². The summed E-state index contributed by atoms with van der Waals surface area (Å²) in [6, 6.07) is 5.79. The quantitative estimate of drug-likeness (QED) is 0.593. The third-order valence-corrected chi connectivity index (χ3v) is 6.35. The monoisotopic (exact) mass is 445 g/mol. The SMILES string of the molecule is CN(C)S(=O)(=O)c1cccc(NC2=NS(=O)N=C2NCc2cc(Cl)co2)c1O. The minimum absolute atomic E-state index is 0.0659. The van der Waals surface area contributed by atoms with Crippen LogP contribution >= 0.6 is 11.6 Å². The molecule has 2 aromatic rings. The maximum absolute atomic E-state index is 12.3. The second-order valence-corrected chi connectivity index (χ2v) is 9.14. The van der Waals surface area contributed by atoms with E-state index < -0.39 is 26.9 Å². The first kappa shape index (κ1) is 20.3. The molecule has 150 valence electrons. The number of furan rings is 1. The molecule has 2 heterocycles. The summed E-state index contributed by atoms with van der Waals surface area (Å²) in [5, 5.41) is 16.5. The van der Waals surface area contributed by atoms with Gasteiger partial charge in [-0.3, -0.25) is 0 Å². The third kappa shape index (κ3) is 4.19. The topological polar surface area (TPSA) is 137 Å². The van der Waals surface area contributed by atoms with E-state index in [-0.39, 0.29) is 28.8 Å². The number of halogens is 1. The van der Waals surface area contributed by atoms with E-state index in [1.54, 1.807) is 6.07 Å².